The first-order valence-corrected chi connectivity index (χ1v) is 13.8. The summed E-state index contributed by atoms with van der Waals surface area (Å²) in [5.41, 5.74) is 7.75. The molecule has 1 aromatic heterocycles. The van der Waals surface area contributed by atoms with Crippen LogP contribution in [-0.4, -0.2) is 73.1 Å². The number of rotatable bonds is 15. The van der Waals surface area contributed by atoms with Crippen LogP contribution < -0.4 is 21.7 Å². The number of carboxylic acids is 1. The highest BCUT2D eigenvalue weighted by molar-refractivity contribution is 5.94. The number of aromatic hydroxyl groups is 2. The van der Waals surface area contributed by atoms with E-state index in [9.17, 15) is 34.5 Å². The normalized spacial score (nSPS) is 13.9. The summed E-state index contributed by atoms with van der Waals surface area (Å²) in [6.07, 6.45) is 3.13. The van der Waals surface area contributed by atoms with Gasteiger partial charge < -0.3 is 42.0 Å². The molecule has 0 saturated heterocycles. The zero-order valence-electron chi connectivity index (χ0n) is 24.0. The molecule has 0 fully saturated rings. The molecule has 13 heteroatoms. The third kappa shape index (κ3) is 10.5. The van der Waals surface area contributed by atoms with E-state index < -0.39 is 47.9 Å². The van der Waals surface area contributed by atoms with Crippen molar-refractivity contribution in [2.45, 2.75) is 63.7 Å². The second-order valence-corrected chi connectivity index (χ2v) is 10.8. The number of aliphatic carboxylic acids is 1. The Morgan fingerprint density at radius 2 is 1.23 bits per heavy atom. The molecule has 2 aromatic carbocycles. The number of hydrogen-bond donors (Lipinski definition) is 8. The fourth-order valence-electron chi connectivity index (χ4n) is 4.41. The molecule has 1 heterocycles. The zero-order chi connectivity index (χ0) is 31.5. The highest BCUT2D eigenvalue weighted by Gasteiger charge is 2.31. The molecule has 0 aliphatic rings. The third-order valence-corrected chi connectivity index (χ3v) is 6.67. The molecule has 9 N–H and O–H groups in total. The molecule has 43 heavy (non-hydrogen) atoms. The van der Waals surface area contributed by atoms with E-state index in [2.05, 4.69) is 25.9 Å². The molecule has 230 valence electrons. The van der Waals surface area contributed by atoms with E-state index in [0.717, 1.165) is 0 Å². The molecule has 3 aromatic rings. The smallest absolute Gasteiger partial charge is 0.326 e. The lowest BCUT2D eigenvalue weighted by molar-refractivity contribution is -0.142. The van der Waals surface area contributed by atoms with Crippen LogP contribution in [0.2, 0.25) is 0 Å². The van der Waals surface area contributed by atoms with E-state index in [1.165, 1.54) is 36.8 Å². The molecule has 0 bridgehead atoms. The first kappa shape index (κ1) is 32.6. The Morgan fingerprint density at radius 1 is 0.767 bits per heavy atom. The summed E-state index contributed by atoms with van der Waals surface area (Å²) >= 11 is 0. The summed E-state index contributed by atoms with van der Waals surface area (Å²) in [4.78, 5) is 58.7. The second-order valence-electron chi connectivity index (χ2n) is 10.8. The molecule has 3 amide bonds. The summed E-state index contributed by atoms with van der Waals surface area (Å²) in [7, 11) is 0. The maximum Gasteiger partial charge on any atom is 0.326 e. The molecule has 0 spiro atoms. The van der Waals surface area contributed by atoms with Gasteiger partial charge in [-0.05, 0) is 47.7 Å². The third-order valence-electron chi connectivity index (χ3n) is 6.67. The number of aromatic nitrogens is 2. The Morgan fingerprint density at radius 3 is 1.65 bits per heavy atom. The molecule has 0 aliphatic heterocycles. The predicted molar refractivity (Wildman–Crippen MR) is 157 cm³/mol. The largest absolute Gasteiger partial charge is 0.508 e. The number of nitrogens with two attached hydrogens (primary N) is 1. The molecule has 4 atom stereocenters. The van der Waals surface area contributed by atoms with Gasteiger partial charge in [0.1, 0.15) is 29.6 Å². The van der Waals surface area contributed by atoms with Crippen LogP contribution in [0.1, 0.15) is 37.1 Å². The number of phenolic OH excluding ortho intramolecular Hbond substituents is 2. The number of carbonyl (C=O) groups is 4. The predicted octanol–water partition coefficient (Wildman–Crippen LogP) is 0.761. The minimum atomic E-state index is -1.33. The van der Waals surface area contributed by atoms with Crippen LogP contribution in [0.15, 0.2) is 61.1 Å². The number of nitrogens with one attached hydrogen (secondary N) is 4. The van der Waals surface area contributed by atoms with Gasteiger partial charge in [-0.3, -0.25) is 14.4 Å². The van der Waals surface area contributed by atoms with Crippen molar-refractivity contribution < 1.29 is 34.5 Å². The van der Waals surface area contributed by atoms with Crippen molar-refractivity contribution in [3.8, 4) is 11.5 Å². The first-order valence-electron chi connectivity index (χ1n) is 13.8. The van der Waals surface area contributed by atoms with E-state index in [1.807, 2.05) is 13.8 Å². The summed E-state index contributed by atoms with van der Waals surface area (Å²) in [6, 6.07) is 7.50. The van der Waals surface area contributed by atoms with Crippen LogP contribution in [0.25, 0.3) is 0 Å². The molecular formula is C30H38N6O7. The fraction of sp³-hybridized carbons (Fsp3) is 0.367. The van der Waals surface area contributed by atoms with E-state index in [0.29, 0.717) is 23.2 Å². The Hall–Kier alpha value is -4.91. The van der Waals surface area contributed by atoms with Gasteiger partial charge in [-0.2, -0.15) is 0 Å². The van der Waals surface area contributed by atoms with Crippen molar-refractivity contribution in [2.24, 2.45) is 11.7 Å². The fourth-order valence-corrected chi connectivity index (χ4v) is 4.41. The number of hydrogen-bond acceptors (Lipinski definition) is 8. The highest BCUT2D eigenvalue weighted by Crippen LogP contribution is 2.14. The molecule has 0 aliphatic carbocycles. The summed E-state index contributed by atoms with van der Waals surface area (Å²) in [6.45, 7) is 3.83. The number of carboxylic acid groups (broad SMARTS) is 1. The van der Waals surface area contributed by atoms with Gasteiger partial charge in [0.2, 0.25) is 17.7 Å². The van der Waals surface area contributed by atoms with Gasteiger partial charge in [-0.1, -0.05) is 38.1 Å². The SMILES string of the molecule is CC(C)CC(N)C(=O)NC(Cc1ccc(O)cc1)C(=O)NC(Cc1ccc(O)cc1)C(=O)NC(Cc1cnc[nH]1)C(=O)O. The first-order chi connectivity index (χ1) is 20.4. The average Bonchev–Trinajstić information content (AvgIpc) is 3.47. The number of H-pyrrole nitrogens is 1. The second kappa shape index (κ2) is 15.4. The molecule has 0 radical (unpaired) electrons. The topological polar surface area (TPSA) is 220 Å². The van der Waals surface area contributed by atoms with Crippen LogP contribution in [0, 0.1) is 5.92 Å². The number of amides is 3. The van der Waals surface area contributed by atoms with Crippen molar-refractivity contribution in [2.75, 3.05) is 0 Å². The standard InChI is InChI=1S/C30H38N6O7/c1-17(2)11-23(31)27(39)34-24(12-18-3-7-21(37)8-4-18)28(40)35-25(13-19-5-9-22(38)10-6-19)29(41)36-26(30(42)43)14-20-15-32-16-33-20/h3-10,15-17,23-26,37-38H,11-14,31H2,1-2H3,(H,32,33)(H,34,39)(H,35,40)(H,36,41)(H,42,43). The lowest BCUT2D eigenvalue weighted by atomic mass is 10.0. The van der Waals surface area contributed by atoms with Gasteiger partial charge in [0.05, 0.1) is 12.4 Å². The van der Waals surface area contributed by atoms with Gasteiger partial charge in [0.25, 0.3) is 0 Å². The van der Waals surface area contributed by atoms with E-state index in [4.69, 9.17) is 5.73 Å². The van der Waals surface area contributed by atoms with Crippen molar-refractivity contribution >= 4 is 23.7 Å². The lowest BCUT2D eigenvalue weighted by Crippen LogP contribution is -2.58. The minimum Gasteiger partial charge on any atom is -0.508 e. The van der Waals surface area contributed by atoms with Gasteiger partial charge in [0.15, 0.2) is 0 Å². The minimum absolute atomic E-state index is 0.00805. The number of aromatic amines is 1. The lowest BCUT2D eigenvalue weighted by Gasteiger charge is -2.26. The molecule has 13 nitrogen and oxygen atoms in total. The van der Waals surface area contributed by atoms with Crippen LogP contribution in [-0.2, 0) is 38.4 Å². The highest BCUT2D eigenvalue weighted by atomic mass is 16.4. The Balaban J connectivity index is 1.86. The van der Waals surface area contributed by atoms with Crippen molar-refractivity contribution in [1.29, 1.82) is 0 Å². The summed E-state index contributed by atoms with van der Waals surface area (Å²) < 4.78 is 0. The number of carbonyl (C=O) groups excluding carboxylic acids is 3. The van der Waals surface area contributed by atoms with Gasteiger partial charge in [0, 0.05) is 31.2 Å². The van der Waals surface area contributed by atoms with E-state index in [1.54, 1.807) is 24.3 Å². The summed E-state index contributed by atoms with van der Waals surface area (Å²) in [5.74, 6) is -3.12. The van der Waals surface area contributed by atoms with Gasteiger partial charge in [-0.25, -0.2) is 9.78 Å². The van der Waals surface area contributed by atoms with Crippen molar-refractivity contribution in [3.63, 3.8) is 0 Å². The summed E-state index contributed by atoms with van der Waals surface area (Å²) in [5, 5.41) is 36.9. The molecule has 0 saturated carbocycles. The Bertz CT molecular complexity index is 1360. The number of nitrogens with zero attached hydrogens (tertiary/aromatic N) is 1. The molecule has 3 rings (SSSR count). The molecular weight excluding hydrogens is 556 g/mol. The molecule has 4 unspecified atom stereocenters. The number of phenols is 2. The van der Waals surface area contributed by atoms with Crippen LogP contribution in [0.5, 0.6) is 11.5 Å². The van der Waals surface area contributed by atoms with Crippen molar-refractivity contribution in [1.82, 2.24) is 25.9 Å². The van der Waals surface area contributed by atoms with Crippen LogP contribution in [0.4, 0.5) is 0 Å². The quantitative estimate of drug-likeness (QED) is 0.124. The van der Waals surface area contributed by atoms with E-state index in [-0.39, 0.29) is 36.7 Å². The van der Waals surface area contributed by atoms with Gasteiger partial charge >= 0.3 is 5.97 Å². The average molecular weight is 595 g/mol. The maximum atomic E-state index is 13.7. The van der Waals surface area contributed by atoms with Gasteiger partial charge in [-0.15, -0.1) is 0 Å². The van der Waals surface area contributed by atoms with Crippen molar-refractivity contribution in [3.05, 3.63) is 77.9 Å². The Labute approximate surface area is 248 Å². The Kier molecular flexibility index (Phi) is 11.6. The van der Waals surface area contributed by atoms with Crippen LogP contribution in [0.3, 0.4) is 0 Å². The van der Waals surface area contributed by atoms with E-state index >= 15 is 0 Å². The number of imidazole rings is 1. The monoisotopic (exact) mass is 594 g/mol. The maximum absolute atomic E-state index is 13.7. The van der Waals surface area contributed by atoms with Crippen LogP contribution >= 0.6 is 0 Å². The zero-order valence-corrected chi connectivity index (χ0v) is 24.0. The number of benzene rings is 2.